The molecule has 0 bridgehead atoms. The SMILES string of the molecule is C[C@@H](NC(=O)OCC1c2ccccc2-c2ccccc21)C(=O)NC[C@H]1C[C@@H](C(=O)O)CO1. The van der Waals surface area contributed by atoms with Crippen LogP contribution in [0.25, 0.3) is 11.1 Å². The van der Waals surface area contributed by atoms with Gasteiger partial charge in [0.15, 0.2) is 0 Å². The molecule has 1 aliphatic carbocycles. The van der Waals surface area contributed by atoms with Crippen LogP contribution in [-0.4, -0.2) is 55.0 Å². The molecule has 2 aliphatic rings. The molecule has 2 aromatic rings. The van der Waals surface area contributed by atoms with E-state index < -0.39 is 24.0 Å². The van der Waals surface area contributed by atoms with Crippen LogP contribution in [0.4, 0.5) is 4.79 Å². The van der Waals surface area contributed by atoms with E-state index in [0.29, 0.717) is 6.42 Å². The molecule has 1 fully saturated rings. The average molecular weight is 438 g/mol. The zero-order valence-electron chi connectivity index (χ0n) is 17.7. The van der Waals surface area contributed by atoms with E-state index in [1.165, 1.54) is 0 Å². The van der Waals surface area contributed by atoms with Crippen molar-refractivity contribution in [1.29, 1.82) is 0 Å². The molecule has 0 aromatic heterocycles. The van der Waals surface area contributed by atoms with Crippen LogP contribution in [0.3, 0.4) is 0 Å². The second-order valence-electron chi connectivity index (χ2n) is 8.16. The molecule has 2 amide bonds. The van der Waals surface area contributed by atoms with Gasteiger partial charge in [0.05, 0.1) is 18.6 Å². The Morgan fingerprint density at radius 1 is 1.09 bits per heavy atom. The minimum atomic E-state index is -0.899. The van der Waals surface area contributed by atoms with Gasteiger partial charge in [-0.15, -0.1) is 0 Å². The van der Waals surface area contributed by atoms with Crippen LogP contribution in [0.2, 0.25) is 0 Å². The minimum absolute atomic E-state index is 0.0565. The van der Waals surface area contributed by atoms with Crippen LogP contribution in [0.15, 0.2) is 48.5 Å². The summed E-state index contributed by atoms with van der Waals surface area (Å²) in [5.41, 5.74) is 4.51. The Bertz CT molecular complexity index is 978. The zero-order valence-corrected chi connectivity index (χ0v) is 17.7. The van der Waals surface area contributed by atoms with Crippen molar-refractivity contribution >= 4 is 18.0 Å². The highest BCUT2D eigenvalue weighted by molar-refractivity contribution is 5.85. The van der Waals surface area contributed by atoms with Crippen LogP contribution >= 0.6 is 0 Å². The number of rotatable bonds is 7. The number of benzene rings is 2. The Hall–Kier alpha value is -3.39. The Morgan fingerprint density at radius 3 is 2.31 bits per heavy atom. The van der Waals surface area contributed by atoms with Gasteiger partial charge in [-0.1, -0.05) is 48.5 Å². The molecule has 2 aromatic carbocycles. The molecule has 1 aliphatic heterocycles. The molecule has 8 heteroatoms. The fourth-order valence-corrected chi connectivity index (χ4v) is 4.27. The van der Waals surface area contributed by atoms with Crippen molar-refractivity contribution in [3.05, 3.63) is 59.7 Å². The largest absolute Gasteiger partial charge is 0.481 e. The lowest BCUT2D eigenvalue weighted by Crippen LogP contribution is -2.46. The smallest absolute Gasteiger partial charge is 0.407 e. The summed E-state index contributed by atoms with van der Waals surface area (Å²) in [6.45, 7) is 2.07. The number of carboxylic acid groups (broad SMARTS) is 1. The van der Waals surface area contributed by atoms with Gasteiger partial charge < -0.3 is 25.2 Å². The van der Waals surface area contributed by atoms with E-state index in [-0.39, 0.29) is 37.7 Å². The van der Waals surface area contributed by atoms with Crippen LogP contribution in [-0.2, 0) is 19.1 Å². The predicted octanol–water partition coefficient (Wildman–Crippen LogP) is 2.52. The van der Waals surface area contributed by atoms with E-state index in [0.717, 1.165) is 22.3 Å². The first kappa shape index (κ1) is 21.8. The Morgan fingerprint density at radius 2 is 1.72 bits per heavy atom. The highest BCUT2D eigenvalue weighted by Crippen LogP contribution is 2.44. The van der Waals surface area contributed by atoms with Gasteiger partial charge in [-0.3, -0.25) is 9.59 Å². The summed E-state index contributed by atoms with van der Waals surface area (Å²) >= 11 is 0. The fraction of sp³-hybridized carbons (Fsp3) is 0.375. The number of carboxylic acids is 1. The van der Waals surface area contributed by atoms with E-state index in [4.69, 9.17) is 14.6 Å². The monoisotopic (exact) mass is 438 g/mol. The van der Waals surface area contributed by atoms with E-state index in [2.05, 4.69) is 22.8 Å². The summed E-state index contributed by atoms with van der Waals surface area (Å²) in [5, 5.41) is 14.2. The predicted molar refractivity (Wildman–Crippen MR) is 116 cm³/mol. The van der Waals surface area contributed by atoms with Crippen LogP contribution in [0, 0.1) is 5.92 Å². The zero-order chi connectivity index (χ0) is 22.7. The minimum Gasteiger partial charge on any atom is -0.481 e. The van der Waals surface area contributed by atoms with Gasteiger partial charge in [-0.25, -0.2) is 4.79 Å². The number of fused-ring (bicyclic) bond motifs is 3. The van der Waals surface area contributed by atoms with Gasteiger partial charge in [-0.2, -0.15) is 0 Å². The molecular weight excluding hydrogens is 412 g/mol. The number of aliphatic carboxylic acids is 1. The normalized spacial score (nSPS) is 20.2. The van der Waals surface area contributed by atoms with Gasteiger partial charge in [-0.05, 0) is 35.6 Å². The topological polar surface area (TPSA) is 114 Å². The average Bonchev–Trinajstić information content (AvgIpc) is 3.39. The summed E-state index contributed by atoms with van der Waals surface area (Å²) in [7, 11) is 0. The van der Waals surface area contributed by atoms with Gasteiger partial charge in [0.25, 0.3) is 0 Å². The maximum Gasteiger partial charge on any atom is 0.407 e. The molecule has 32 heavy (non-hydrogen) atoms. The number of nitrogens with one attached hydrogen (secondary N) is 2. The number of hydrogen-bond acceptors (Lipinski definition) is 5. The van der Waals surface area contributed by atoms with E-state index >= 15 is 0 Å². The van der Waals surface area contributed by atoms with Crippen molar-refractivity contribution in [2.75, 3.05) is 19.8 Å². The number of alkyl carbamates (subject to hydrolysis) is 1. The molecular formula is C24H26N2O6. The summed E-state index contributed by atoms with van der Waals surface area (Å²) in [6, 6.07) is 15.3. The van der Waals surface area contributed by atoms with E-state index in [9.17, 15) is 14.4 Å². The van der Waals surface area contributed by atoms with Crippen molar-refractivity contribution in [3.63, 3.8) is 0 Å². The van der Waals surface area contributed by atoms with Crippen molar-refractivity contribution < 1.29 is 29.0 Å². The highest BCUT2D eigenvalue weighted by Gasteiger charge is 2.32. The molecule has 0 saturated carbocycles. The Kier molecular flexibility index (Phi) is 6.41. The molecule has 8 nitrogen and oxygen atoms in total. The summed E-state index contributed by atoms with van der Waals surface area (Å²) in [6.07, 6.45) is -0.664. The van der Waals surface area contributed by atoms with Crippen molar-refractivity contribution in [3.8, 4) is 11.1 Å². The Labute approximate surface area is 185 Å². The Balaban J connectivity index is 1.26. The number of carbonyl (C=O) groups is 3. The number of ether oxygens (including phenoxy) is 2. The molecule has 0 radical (unpaired) electrons. The lowest BCUT2D eigenvalue weighted by Gasteiger charge is -2.18. The number of hydrogen-bond donors (Lipinski definition) is 3. The van der Waals surface area contributed by atoms with Crippen LogP contribution in [0.5, 0.6) is 0 Å². The standard InChI is InChI=1S/C24H26N2O6/c1-14(22(27)25-11-16-10-15(12-31-16)23(28)29)26-24(30)32-13-21-19-8-4-2-6-17(19)18-7-3-5-9-20(18)21/h2-9,14-16,21H,10-13H2,1H3,(H,25,27)(H,26,30)(H,28,29)/t14-,15-,16-/m1/s1. The third-order valence-electron chi connectivity index (χ3n) is 6.01. The van der Waals surface area contributed by atoms with Crippen LogP contribution in [0.1, 0.15) is 30.4 Å². The molecule has 168 valence electrons. The van der Waals surface area contributed by atoms with Gasteiger partial charge >= 0.3 is 12.1 Å². The second kappa shape index (κ2) is 9.40. The molecule has 1 heterocycles. The highest BCUT2D eigenvalue weighted by atomic mass is 16.5. The number of amides is 2. The molecule has 3 atom stereocenters. The van der Waals surface area contributed by atoms with Crippen molar-refractivity contribution in [2.24, 2.45) is 5.92 Å². The molecule has 1 saturated heterocycles. The molecule has 3 N–H and O–H groups in total. The number of carbonyl (C=O) groups excluding carboxylic acids is 2. The third kappa shape index (κ3) is 4.60. The first-order valence-corrected chi connectivity index (χ1v) is 10.7. The molecule has 0 unspecified atom stereocenters. The maximum absolute atomic E-state index is 12.3. The lowest BCUT2D eigenvalue weighted by molar-refractivity contribution is -0.141. The quantitative estimate of drug-likeness (QED) is 0.612. The first-order valence-electron chi connectivity index (χ1n) is 10.7. The van der Waals surface area contributed by atoms with Gasteiger partial charge in [0.2, 0.25) is 5.91 Å². The van der Waals surface area contributed by atoms with Gasteiger partial charge in [0, 0.05) is 12.5 Å². The van der Waals surface area contributed by atoms with Gasteiger partial charge in [0.1, 0.15) is 12.6 Å². The third-order valence-corrected chi connectivity index (χ3v) is 6.01. The lowest BCUT2D eigenvalue weighted by atomic mass is 9.98. The van der Waals surface area contributed by atoms with Crippen LogP contribution < -0.4 is 10.6 Å². The molecule has 4 rings (SSSR count). The molecule has 0 spiro atoms. The van der Waals surface area contributed by atoms with Crippen molar-refractivity contribution in [1.82, 2.24) is 10.6 Å². The second-order valence-corrected chi connectivity index (χ2v) is 8.16. The maximum atomic E-state index is 12.3. The summed E-state index contributed by atoms with van der Waals surface area (Å²) < 4.78 is 10.8. The first-order chi connectivity index (χ1) is 15.4. The summed E-state index contributed by atoms with van der Waals surface area (Å²) in [4.78, 5) is 35.6. The fourth-order valence-electron chi connectivity index (χ4n) is 4.27. The van der Waals surface area contributed by atoms with Crippen molar-refractivity contribution in [2.45, 2.75) is 31.4 Å². The van der Waals surface area contributed by atoms with E-state index in [1.54, 1.807) is 6.92 Å². The summed E-state index contributed by atoms with van der Waals surface area (Å²) in [5.74, 6) is -1.89. The van der Waals surface area contributed by atoms with E-state index in [1.807, 2.05) is 36.4 Å².